The maximum Gasteiger partial charge on any atom is 0.358 e. The van der Waals surface area contributed by atoms with E-state index in [1.54, 1.807) is 0 Å². The summed E-state index contributed by atoms with van der Waals surface area (Å²) in [6, 6.07) is 5.58. The van der Waals surface area contributed by atoms with E-state index in [-0.39, 0.29) is 6.61 Å². The Morgan fingerprint density at radius 1 is 1.18 bits per heavy atom. The summed E-state index contributed by atoms with van der Waals surface area (Å²) in [5.41, 5.74) is 0. The predicted octanol–water partition coefficient (Wildman–Crippen LogP) is 4.49. The number of carbonyl (C=O) groups is 1. The van der Waals surface area contributed by atoms with Crippen LogP contribution in [-0.4, -0.2) is 35.3 Å². The molecule has 0 spiro atoms. The number of alkyl halides is 3. The van der Waals surface area contributed by atoms with Crippen molar-refractivity contribution in [2.45, 2.75) is 22.5 Å². The second-order valence-corrected chi connectivity index (χ2v) is 7.37. The molecule has 0 aliphatic heterocycles. The minimum atomic E-state index is -2.05. The molecule has 8 heteroatoms. The van der Waals surface area contributed by atoms with E-state index in [1.165, 1.54) is 11.8 Å². The minimum Gasteiger partial charge on any atom is -0.494 e. The zero-order valence-corrected chi connectivity index (χ0v) is 15.3. The van der Waals surface area contributed by atoms with Crippen LogP contribution in [0.3, 0.4) is 0 Å². The van der Waals surface area contributed by atoms with E-state index in [9.17, 15) is 4.79 Å². The maximum absolute atomic E-state index is 11.3. The third-order valence-corrected chi connectivity index (χ3v) is 3.80. The van der Waals surface area contributed by atoms with Crippen LogP contribution < -0.4 is 9.47 Å². The minimum absolute atomic E-state index is 0.127. The van der Waals surface area contributed by atoms with E-state index >= 15 is 0 Å². The summed E-state index contributed by atoms with van der Waals surface area (Å²) in [6.45, 7) is 5.09. The first-order chi connectivity index (χ1) is 10.4. The topological polar surface area (TPSA) is 44.8 Å². The van der Waals surface area contributed by atoms with Crippen molar-refractivity contribution < 1.29 is 19.0 Å². The zero-order chi connectivity index (χ0) is 16.6. The van der Waals surface area contributed by atoms with Crippen LogP contribution in [0.5, 0.6) is 11.5 Å². The highest BCUT2D eigenvalue weighted by Crippen LogP contribution is 2.33. The molecule has 1 rings (SSSR count). The molecule has 4 nitrogen and oxygen atoms in total. The van der Waals surface area contributed by atoms with Gasteiger partial charge in [0.1, 0.15) is 18.1 Å². The Morgan fingerprint density at radius 3 is 2.45 bits per heavy atom. The van der Waals surface area contributed by atoms with Crippen molar-refractivity contribution in [1.82, 2.24) is 0 Å². The first kappa shape index (κ1) is 19.6. The van der Waals surface area contributed by atoms with Crippen molar-refractivity contribution >= 4 is 52.5 Å². The maximum atomic E-state index is 11.3. The molecule has 0 heterocycles. The highest BCUT2D eigenvalue weighted by Gasteiger charge is 2.32. The molecule has 124 valence electrons. The molecule has 0 aliphatic rings. The molecule has 0 aliphatic carbocycles. The second kappa shape index (κ2) is 9.60. The molecule has 0 saturated carbocycles. The molecule has 1 aromatic rings. The van der Waals surface area contributed by atoms with E-state index in [0.717, 1.165) is 16.4 Å². The molecule has 0 bridgehead atoms. The van der Waals surface area contributed by atoms with Crippen molar-refractivity contribution in [3.8, 4) is 11.5 Å². The average molecular weight is 388 g/mol. The highest BCUT2D eigenvalue weighted by molar-refractivity contribution is 7.99. The van der Waals surface area contributed by atoms with Gasteiger partial charge in [-0.05, 0) is 32.0 Å². The van der Waals surface area contributed by atoms with E-state index in [2.05, 4.69) is 0 Å². The Hall–Kier alpha value is -0.490. The van der Waals surface area contributed by atoms with Gasteiger partial charge in [0.2, 0.25) is 0 Å². The summed E-state index contributed by atoms with van der Waals surface area (Å²) >= 11 is 17.7. The fraction of sp³-hybridized carbons (Fsp3) is 0.500. The molecule has 22 heavy (non-hydrogen) atoms. The highest BCUT2D eigenvalue weighted by atomic mass is 35.6. The molecule has 0 unspecified atom stereocenters. The van der Waals surface area contributed by atoms with Gasteiger partial charge in [-0.2, -0.15) is 0 Å². The molecule has 0 radical (unpaired) electrons. The lowest BCUT2D eigenvalue weighted by Crippen LogP contribution is -2.22. The molecule has 0 N–H and O–H groups in total. The third kappa shape index (κ3) is 6.73. The molecule has 0 aromatic heterocycles. The SMILES string of the molecule is CCOc1ccc(OCC)c(SCCOC(=O)C(Cl)(Cl)Cl)c1. The normalized spacial score (nSPS) is 11.1. The number of halogens is 3. The van der Waals surface area contributed by atoms with Crippen LogP contribution in [0.25, 0.3) is 0 Å². The Balaban J connectivity index is 2.59. The van der Waals surface area contributed by atoms with Gasteiger partial charge in [-0.1, -0.05) is 34.8 Å². The summed E-state index contributed by atoms with van der Waals surface area (Å²) in [4.78, 5) is 12.2. The second-order valence-electron chi connectivity index (χ2n) is 3.96. The van der Waals surface area contributed by atoms with Gasteiger partial charge in [-0.25, -0.2) is 4.79 Å². The molecular formula is C14H17Cl3O4S. The van der Waals surface area contributed by atoms with Crippen LogP contribution in [-0.2, 0) is 9.53 Å². The lowest BCUT2D eigenvalue weighted by molar-refractivity contribution is -0.141. The molecule has 0 atom stereocenters. The van der Waals surface area contributed by atoms with Gasteiger partial charge in [-0.15, -0.1) is 11.8 Å². The van der Waals surface area contributed by atoms with Gasteiger partial charge in [0.15, 0.2) is 0 Å². The van der Waals surface area contributed by atoms with Gasteiger partial charge in [0.05, 0.1) is 18.1 Å². The number of carbonyl (C=O) groups excluding carboxylic acids is 1. The van der Waals surface area contributed by atoms with E-state index in [4.69, 9.17) is 49.0 Å². The van der Waals surface area contributed by atoms with Crippen molar-refractivity contribution in [3.63, 3.8) is 0 Å². The monoisotopic (exact) mass is 386 g/mol. The van der Waals surface area contributed by atoms with E-state index in [1.807, 2.05) is 32.0 Å². The van der Waals surface area contributed by atoms with E-state index < -0.39 is 9.76 Å². The van der Waals surface area contributed by atoms with Crippen LogP contribution in [0, 0.1) is 0 Å². The standard InChI is InChI=1S/C14H17Cl3O4S/c1-3-19-10-5-6-11(20-4-2)12(9-10)22-8-7-21-13(18)14(15,16)17/h5-6,9H,3-4,7-8H2,1-2H3. The fourth-order valence-electron chi connectivity index (χ4n) is 1.50. The van der Waals surface area contributed by atoms with Crippen molar-refractivity contribution in [1.29, 1.82) is 0 Å². The van der Waals surface area contributed by atoms with E-state index in [0.29, 0.717) is 19.0 Å². The molecular weight excluding hydrogens is 371 g/mol. The van der Waals surface area contributed by atoms with Crippen molar-refractivity contribution in [2.75, 3.05) is 25.6 Å². The van der Waals surface area contributed by atoms with Gasteiger partial charge in [-0.3, -0.25) is 0 Å². The van der Waals surface area contributed by atoms with Gasteiger partial charge < -0.3 is 14.2 Å². The largest absolute Gasteiger partial charge is 0.494 e. The van der Waals surface area contributed by atoms with Gasteiger partial charge in [0, 0.05) is 5.75 Å². The quantitative estimate of drug-likeness (QED) is 0.285. The number of esters is 1. The van der Waals surface area contributed by atoms with Gasteiger partial charge in [0.25, 0.3) is 3.79 Å². The van der Waals surface area contributed by atoms with Crippen LogP contribution in [0.1, 0.15) is 13.8 Å². The van der Waals surface area contributed by atoms with Crippen LogP contribution in [0.4, 0.5) is 0 Å². The molecule has 0 amide bonds. The Kier molecular flexibility index (Phi) is 8.54. The van der Waals surface area contributed by atoms with Crippen molar-refractivity contribution in [2.24, 2.45) is 0 Å². The number of hydrogen-bond acceptors (Lipinski definition) is 5. The summed E-state index contributed by atoms with van der Waals surface area (Å²) in [5, 5.41) is 0. The first-order valence-corrected chi connectivity index (χ1v) is 8.76. The summed E-state index contributed by atoms with van der Waals surface area (Å²) in [5.74, 6) is 1.13. The molecule has 0 fully saturated rings. The predicted molar refractivity (Wildman–Crippen MR) is 90.8 cm³/mol. The number of rotatable bonds is 8. The lowest BCUT2D eigenvalue weighted by Gasteiger charge is -2.13. The Labute approximate surface area is 149 Å². The first-order valence-electron chi connectivity index (χ1n) is 6.64. The molecule has 0 saturated heterocycles. The molecule has 1 aromatic carbocycles. The number of hydrogen-bond donors (Lipinski definition) is 0. The number of thioether (sulfide) groups is 1. The Bertz CT molecular complexity index is 491. The lowest BCUT2D eigenvalue weighted by atomic mass is 10.3. The van der Waals surface area contributed by atoms with Crippen molar-refractivity contribution in [3.05, 3.63) is 18.2 Å². The average Bonchev–Trinajstić information content (AvgIpc) is 2.45. The van der Waals surface area contributed by atoms with Crippen LogP contribution >= 0.6 is 46.6 Å². The zero-order valence-electron chi connectivity index (χ0n) is 12.2. The van der Waals surface area contributed by atoms with Crippen LogP contribution in [0.2, 0.25) is 0 Å². The summed E-state index contributed by atoms with van der Waals surface area (Å²) in [6.07, 6.45) is 0. The summed E-state index contributed by atoms with van der Waals surface area (Å²) < 4.78 is 13.8. The number of ether oxygens (including phenoxy) is 3. The fourth-order valence-corrected chi connectivity index (χ4v) is 2.52. The third-order valence-electron chi connectivity index (χ3n) is 2.33. The van der Waals surface area contributed by atoms with Gasteiger partial charge >= 0.3 is 5.97 Å². The Morgan fingerprint density at radius 2 is 1.86 bits per heavy atom. The number of benzene rings is 1. The van der Waals surface area contributed by atoms with Crippen LogP contribution in [0.15, 0.2) is 23.1 Å². The smallest absolute Gasteiger partial charge is 0.358 e. The summed E-state index contributed by atoms with van der Waals surface area (Å²) in [7, 11) is 0.